The number of hydrogen-bond donors (Lipinski definition) is 2. The van der Waals surface area contributed by atoms with Crippen LogP contribution in [0.4, 0.5) is 15.8 Å². The van der Waals surface area contributed by atoms with Gasteiger partial charge in [0, 0.05) is 5.69 Å². The molecule has 0 fully saturated rings. The molecule has 5 nitrogen and oxygen atoms in total. The maximum absolute atomic E-state index is 13.0. The Morgan fingerprint density at radius 1 is 1.05 bits per heavy atom. The van der Waals surface area contributed by atoms with E-state index in [4.69, 9.17) is 5.26 Å². The Balaban J connectivity index is 1.94. The summed E-state index contributed by atoms with van der Waals surface area (Å²) >= 11 is 0. The summed E-state index contributed by atoms with van der Waals surface area (Å²) in [6.45, 7) is 0. The number of rotatable bonds is 4. The van der Waals surface area contributed by atoms with Crippen LogP contribution in [0.5, 0.6) is 0 Å². The van der Waals surface area contributed by atoms with Crippen LogP contribution in [0.3, 0.4) is 0 Å². The van der Waals surface area contributed by atoms with Gasteiger partial charge in [0.05, 0.1) is 11.3 Å². The highest BCUT2D eigenvalue weighted by atomic mass is 19.1. The fourth-order valence-electron chi connectivity index (χ4n) is 1.80. The molecule has 2 aromatic rings. The molecule has 0 bridgehead atoms. The minimum Gasteiger partial charge on any atom is -0.326 e. The number of halogens is 1. The summed E-state index contributed by atoms with van der Waals surface area (Å²) in [6, 6.07) is 13.8. The predicted molar refractivity (Wildman–Crippen MR) is 79.4 cm³/mol. The van der Waals surface area contributed by atoms with Gasteiger partial charge >= 0.3 is 0 Å². The van der Waals surface area contributed by atoms with E-state index in [1.54, 1.807) is 24.3 Å². The van der Waals surface area contributed by atoms with Crippen molar-refractivity contribution in [2.24, 2.45) is 0 Å². The standard InChI is InChI=1S/C16H12FN3O2/c17-12-5-3-6-13(8-12)19-15(21)9-16(22)20-14-7-2-1-4-11(14)10-18/h1-8H,9H2,(H,19,21)(H,20,22). The van der Waals surface area contributed by atoms with Gasteiger partial charge in [0.2, 0.25) is 11.8 Å². The molecular formula is C16H12FN3O2. The lowest BCUT2D eigenvalue weighted by Gasteiger charge is -2.07. The van der Waals surface area contributed by atoms with Crippen molar-refractivity contribution < 1.29 is 14.0 Å². The molecular weight excluding hydrogens is 285 g/mol. The van der Waals surface area contributed by atoms with Crippen molar-refractivity contribution >= 4 is 23.2 Å². The molecule has 0 saturated heterocycles. The number of benzene rings is 2. The van der Waals surface area contributed by atoms with Crippen LogP contribution in [-0.4, -0.2) is 11.8 Å². The number of carbonyl (C=O) groups is 2. The van der Waals surface area contributed by atoms with Crippen LogP contribution in [0.25, 0.3) is 0 Å². The minimum atomic E-state index is -0.572. The van der Waals surface area contributed by atoms with Crippen LogP contribution < -0.4 is 10.6 Å². The Morgan fingerprint density at radius 2 is 1.77 bits per heavy atom. The first kappa shape index (κ1) is 15.2. The Morgan fingerprint density at radius 3 is 2.50 bits per heavy atom. The van der Waals surface area contributed by atoms with Gasteiger partial charge in [0.1, 0.15) is 18.3 Å². The molecule has 0 unspecified atom stereocenters. The lowest BCUT2D eigenvalue weighted by Crippen LogP contribution is -2.21. The van der Waals surface area contributed by atoms with E-state index in [0.717, 1.165) is 6.07 Å². The highest BCUT2D eigenvalue weighted by Crippen LogP contribution is 2.14. The van der Waals surface area contributed by atoms with Gasteiger partial charge in [-0.3, -0.25) is 9.59 Å². The molecule has 110 valence electrons. The summed E-state index contributed by atoms with van der Waals surface area (Å²) in [4.78, 5) is 23.5. The number of para-hydroxylation sites is 1. The summed E-state index contributed by atoms with van der Waals surface area (Å²) in [6.07, 6.45) is -0.434. The zero-order chi connectivity index (χ0) is 15.9. The quantitative estimate of drug-likeness (QED) is 0.851. The second-order valence-electron chi connectivity index (χ2n) is 4.44. The Kier molecular flexibility index (Phi) is 4.83. The summed E-state index contributed by atoms with van der Waals surface area (Å²) in [5, 5.41) is 13.8. The predicted octanol–water partition coefficient (Wildman–Crippen LogP) is 2.66. The zero-order valence-corrected chi connectivity index (χ0v) is 11.5. The van der Waals surface area contributed by atoms with Gasteiger partial charge in [0.15, 0.2) is 0 Å². The van der Waals surface area contributed by atoms with Crippen molar-refractivity contribution in [1.82, 2.24) is 0 Å². The van der Waals surface area contributed by atoms with Crippen LogP contribution in [0.2, 0.25) is 0 Å². The van der Waals surface area contributed by atoms with Gasteiger partial charge in [-0.15, -0.1) is 0 Å². The second kappa shape index (κ2) is 6.99. The number of nitrogens with zero attached hydrogens (tertiary/aromatic N) is 1. The van der Waals surface area contributed by atoms with Crippen molar-refractivity contribution in [3.8, 4) is 6.07 Å². The van der Waals surface area contributed by atoms with E-state index in [-0.39, 0.29) is 5.69 Å². The monoisotopic (exact) mass is 297 g/mol. The van der Waals surface area contributed by atoms with Gasteiger partial charge in [-0.1, -0.05) is 18.2 Å². The molecule has 0 aliphatic carbocycles. The highest BCUT2D eigenvalue weighted by Gasteiger charge is 2.12. The Labute approximate surface area is 126 Å². The van der Waals surface area contributed by atoms with E-state index >= 15 is 0 Å². The number of amides is 2. The average Bonchev–Trinajstić information content (AvgIpc) is 2.47. The summed E-state index contributed by atoms with van der Waals surface area (Å²) < 4.78 is 13.0. The van der Waals surface area contributed by atoms with E-state index in [1.165, 1.54) is 18.2 Å². The minimum absolute atomic E-state index is 0.273. The first-order valence-corrected chi connectivity index (χ1v) is 6.43. The molecule has 6 heteroatoms. The molecule has 0 aliphatic heterocycles. The number of carbonyl (C=O) groups excluding carboxylic acids is 2. The summed E-state index contributed by atoms with van der Waals surface area (Å²) in [5.41, 5.74) is 0.921. The van der Waals surface area contributed by atoms with Gasteiger partial charge in [-0.25, -0.2) is 4.39 Å². The average molecular weight is 297 g/mol. The Bertz CT molecular complexity index is 753. The lowest BCUT2D eigenvalue weighted by atomic mass is 10.2. The van der Waals surface area contributed by atoms with Crippen LogP contribution in [0.15, 0.2) is 48.5 Å². The fraction of sp³-hybridized carbons (Fsp3) is 0.0625. The molecule has 0 spiro atoms. The third-order valence-corrected chi connectivity index (χ3v) is 2.75. The van der Waals surface area contributed by atoms with Crippen LogP contribution in [-0.2, 0) is 9.59 Å². The van der Waals surface area contributed by atoms with Crippen molar-refractivity contribution in [1.29, 1.82) is 5.26 Å². The molecule has 0 saturated carbocycles. The molecule has 2 rings (SSSR count). The van der Waals surface area contributed by atoms with Crippen LogP contribution in [0.1, 0.15) is 12.0 Å². The molecule has 0 atom stereocenters. The van der Waals surface area contributed by atoms with E-state index in [0.29, 0.717) is 11.3 Å². The van der Waals surface area contributed by atoms with Gasteiger partial charge < -0.3 is 10.6 Å². The fourth-order valence-corrected chi connectivity index (χ4v) is 1.80. The largest absolute Gasteiger partial charge is 0.326 e. The van der Waals surface area contributed by atoms with Gasteiger partial charge in [-0.05, 0) is 30.3 Å². The molecule has 2 N–H and O–H groups in total. The zero-order valence-electron chi connectivity index (χ0n) is 11.5. The molecule has 0 aromatic heterocycles. The smallest absolute Gasteiger partial charge is 0.233 e. The number of hydrogen-bond acceptors (Lipinski definition) is 3. The molecule has 22 heavy (non-hydrogen) atoms. The second-order valence-corrected chi connectivity index (χ2v) is 4.44. The molecule has 0 radical (unpaired) electrons. The normalized spacial score (nSPS) is 9.64. The third kappa shape index (κ3) is 4.15. The van der Waals surface area contributed by atoms with Crippen LogP contribution in [0, 0.1) is 17.1 Å². The molecule has 0 aliphatic rings. The summed E-state index contributed by atoms with van der Waals surface area (Å²) in [5.74, 6) is -1.61. The molecule has 0 heterocycles. The first-order valence-electron chi connectivity index (χ1n) is 6.43. The van der Waals surface area contributed by atoms with Crippen molar-refractivity contribution in [2.75, 3.05) is 10.6 Å². The first-order chi connectivity index (χ1) is 10.6. The Hall–Kier alpha value is -3.20. The van der Waals surface area contributed by atoms with Gasteiger partial charge in [0.25, 0.3) is 0 Å². The van der Waals surface area contributed by atoms with Crippen molar-refractivity contribution in [3.05, 3.63) is 59.9 Å². The third-order valence-electron chi connectivity index (χ3n) is 2.75. The van der Waals surface area contributed by atoms with Crippen molar-refractivity contribution in [3.63, 3.8) is 0 Å². The van der Waals surface area contributed by atoms with E-state index in [2.05, 4.69) is 10.6 Å². The number of nitriles is 1. The lowest BCUT2D eigenvalue weighted by molar-refractivity contribution is -0.123. The summed E-state index contributed by atoms with van der Waals surface area (Å²) in [7, 11) is 0. The van der Waals surface area contributed by atoms with Crippen LogP contribution >= 0.6 is 0 Å². The topological polar surface area (TPSA) is 82.0 Å². The maximum Gasteiger partial charge on any atom is 0.233 e. The maximum atomic E-state index is 13.0. The van der Waals surface area contributed by atoms with E-state index in [1.807, 2.05) is 6.07 Å². The number of nitrogens with one attached hydrogen (secondary N) is 2. The van der Waals surface area contributed by atoms with Gasteiger partial charge in [-0.2, -0.15) is 5.26 Å². The SMILES string of the molecule is N#Cc1ccccc1NC(=O)CC(=O)Nc1cccc(F)c1. The number of anilines is 2. The molecule has 2 aromatic carbocycles. The molecule has 2 amide bonds. The van der Waals surface area contributed by atoms with E-state index < -0.39 is 24.1 Å². The highest BCUT2D eigenvalue weighted by molar-refractivity contribution is 6.08. The van der Waals surface area contributed by atoms with E-state index in [9.17, 15) is 14.0 Å². The van der Waals surface area contributed by atoms with Crippen molar-refractivity contribution in [2.45, 2.75) is 6.42 Å².